The Kier molecular flexibility index (Phi) is 6.13. The number of carbonyl (C=O) groups is 1. The van der Waals surface area contributed by atoms with E-state index >= 15 is 0 Å². The van der Waals surface area contributed by atoms with E-state index in [0.717, 1.165) is 32.7 Å². The number of fused-ring (bicyclic) bond motifs is 1. The summed E-state index contributed by atoms with van der Waals surface area (Å²) in [6, 6.07) is 21.7. The Balaban J connectivity index is 1.84. The number of nitrogens with zero attached hydrogens (tertiary/aromatic N) is 1. The maximum atomic E-state index is 11.4. The fourth-order valence-corrected chi connectivity index (χ4v) is 4.83. The number of likely N-dealkylation sites (N-methyl/N-ethyl adjacent to an activating group) is 1. The van der Waals surface area contributed by atoms with Crippen LogP contribution in [0.1, 0.15) is 23.6 Å². The van der Waals surface area contributed by atoms with Gasteiger partial charge in [0.15, 0.2) is 0 Å². The average Bonchev–Trinajstić information content (AvgIpc) is 3.13. The number of rotatable bonds is 6. The molecule has 0 saturated carbocycles. The molecule has 0 saturated heterocycles. The van der Waals surface area contributed by atoms with Crippen LogP contribution in [0.5, 0.6) is 0 Å². The summed E-state index contributed by atoms with van der Waals surface area (Å²) in [5.41, 5.74) is 4.41. The van der Waals surface area contributed by atoms with E-state index in [1.54, 1.807) is 0 Å². The van der Waals surface area contributed by atoms with Crippen molar-refractivity contribution >= 4 is 30.2 Å². The van der Waals surface area contributed by atoms with Crippen molar-refractivity contribution in [2.45, 2.75) is 30.1 Å². The molecule has 160 valence electrons. The third kappa shape index (κ3) is 3.99. The Morgan fingerprint density at radius 1 is 1.19 bits per heavy atom. The molecule has 1 heterocycles. The molecule has 0 bridgehead atoms. The van der Waals surface area contributed by atoms with E-state index in [2.05, 4.69) is 36.9 Å². The lowest BCUT2D eigenvalue weighted by Crippen LogP contribution is -2.49. The molecule has 2 unspecified atom stereocenters. The maximum Gasteiger partial charge on any atom is 0.317 e. The summed E-state index contributed by atoms with van der Waals surface area (Å²) in [7, 11) is 1.81. The fraction of sp³-hybridized carbons (Fsp3) is 0.240. The van der Waals surface area contributed by atoms with Gasteiger partial charge in [0.05, 0.1) is 13.2 Å². The van der Waals surface area contributed by atoms with Crippen LogP contribution in [-0.4, -0.2) is 35.6 Å². The summed E-state index contributed by atoms with van der Waals surface area (Å²) < 4.78 is 6.53. The standard InChI is InChI=1S/C25H24ClNO3S/c1-16(27(2)14-24(28)29)25(19-8-10-20(26)11-9-19)22-12-7-17(13-18(22)15-30-25)21-5-3-4-6-23(21)31/h3-13,16,31H,14-15H2,1-2H3,(H,28,29). The third-order valence-electron chi connectivity index (χ3n) is 6.08. The van der Waals surface area contributed by atoms with Crippen molar-refractivity contribution in [3.8, 4) is 11.1 Å². The average molecular weight is 454 g/mol. The first-order valence-electron chi connectivity index (χ1n) is 10.1. The number of halogens is 1. The van der Waals surface area contributed by atoms with E-state index < -0.39 is 11.6 Å². The van der Waals surface area contributed by atoms with Crippen LogP contribution < -0.4 is 0 Å². The van der Waals surface area contributed by atoms with E-state index in [0.29, 0.717) is 11.6 Å². The SMILES string of the molecule is CC(N(C)CC(=O)O)C1(c2ccc(Cl)cc2)OCc2cc(-c3ccccc3S)ccc21. The van der Waals surface area contributed by atoms with Crippen molar-refractivity contribution in [1.82, 2.24) is 4.90 Å². The van der Waals surface area contributed by atoms with E-state index in [4.69, 9.17) is 16.3 Å². The quantitative estimate of drug-likeness (QED) is 0.485. The van der Waals surface area contributed by atoms with Gasteiger partial charge in [0.1, 0.15) is 5.60 Å². The molecule has 3 aromatic carbocycles. The molecule has 31 heavy (non-hydrogen) atoms. The van der Waals surface area contributed by atoms with Crippen LogP contribution in [0.15, 0.2) is 71.6 Å². The molecule has 0 aliphatic carbocycles. The second kappa shape index (κ2) is 8.67. The summed E-state index contributed by atoms with van der Waals surface area (Å²) in [5.74, 6) is -0.875. The van der Waals surface area contributed by atoms with E-state index in [-0.39, 0.29) is 12.6 Å². The summed E-state index contributed by atoms with van der Waals surface area (Å²) in [6.07, 6.45) is 0. The molecule has 1 aliphatic rings. The number of aliphatic carboxylic acids is 1. The molecule has 2 atom stereocenters. The molecular formula is C25H24ClNO3S. The van der Waals surface area contributed by atoms with Gasteiger partial charge in [-0.1, -0.05) is 54.1 Å². The zero-order chi connectivity index (χ0) is 22.2. The Morgan fingerprint density at radius 2 is 1.90 bits per heavy atom. The summed E-state index contributed by atoms with van der Waals surface area (Å²) in [6.45, 7) is 2.36. The van der Waals surface area contributed by atoms with Crippen LogP contribution in [0, 0.1) is 0 Å². The first kappa shape index (κ1) is 21.9. The lowest BCUT2D eigenvalue weighted by atomic mass is 9.79. The smallest absolute Gasteiger partial charge is 0.317 e. The number of hydrogen-bond donors (Lipinski definition) is 2. The van der Waals surface area contributed by atoms with Crippen LogP contribution in [0.3, 0.4) is 0 Å². The predicted molar refractivity (Wildman–Crippen MR) is 126 cm³/mol. The zero-order valence-corrected chi connectivity index (χ0v) is 19.0. The van der Waals surface area contributed by atoms with Gasteiger partial charge in [-0.3, -0.25) is 9.69 Å². The van der Waals surface area contributed by atoms with Crippen LogP contribution >= 0.6 is 24.2 Å². The van der Waals surface area contributed by atoms with Gasteiger partial charge in [0, 0.05) is 16.0 Å². The van der Waals surface area contributed by atoms with Crippen LogP contribution in [0.4, 0.5) is 0 Å². The second-order valence-corrected chi connectivity index (χ2v) is 8.82. The van der Waals surface area contributed by atoms with Crippen molar-refractivity contribution < 1.29 is 14.6 Å². The molecule has 0 radical (unpaired) electrons. The topological polar surface area (TPSA) is 49.8 Å². The third-order valence-corrected chi connectivity index (χ3v) is 6.72. The number of thiol groups is 1. The van der Waals surface area contributed by atoms with Gasteiger partial charge in [-0.15, -0.1) is 12.6 Å². The molecule has 4 rings (SSSR count). The zero-order valence-electron chi connectivity index (χ0n) is 17.4. The number of carboxylic acid groups (broad SMARTS) is 1. The predicted octanol–water partition coefficient (Wildman–Crippen LogP) is 5.47. The molecule has 0 fully saturated rings. The molecule has 0 spiro atoms. The molecular weight excluding hydrogens is 430 g/mol. The molecule has 0 amide bonds. The van der Waals surface area contributed by atoms with Crippen LogP contribution in [0.2, 0.25) is 5.02 Å². The van der Waals surface area contributed by atoms with Crippen molar-refractivity contribution in [3.63, 3.8) is 0 Å². The Hall–Kier alpha value is -2.31. The number of benzene rings is 3. The van der Waals surface area contributed by atoms with Gasteiger partial charge in [0.2, 0.25) is 0 Å². The van der Waals surface area contributed by atoms with E-state index in [9.17, 15) is 9.90 Å². The van der Waals surface area contributed by atoms with E-state index in [1.165, 1.54) is 0 Å². The highest BCUT2D eigenvalue weighted by Gasteiger charge is 2.48. The van der Waals surface area contributed by atoms with Crippen LogP contribution in [-0.2, 0) is 21.7 Å². The van der Waals surface area contributed by atoms with Gasteiger partial charge in [0.25, 0.3) is 0 Å². The Bertz CT molecular complexity index is 1120. The molecule has 4 nitrogen and oxygen atoms in total. The molecule has 1 aliphatic heterocycles. The first-order chi connectivity index (χ1) is 14.8. The maximum absolute atomic E-state index is 11.4. The Labute approximate surface area is 192 Å². The highest BCUT2D eigenvalue weighted by Crippen LogP contribution is 2.47. The number of carboxylic acids is 1. The minimum Gasteiger partial charge on any atom is -0.480 e. The van der Waals surface area contributed by atoms with Gasteiger partial charge in [-0.2, -0.15) is 0 Å². The minimum atomic E-state index is -0.875. The van der Waals surface area contributed by atoms with Gasteiger partial charge in [-0.05, 0) is 66.1 Å². The Morgan fingerprint density at radius 3 is 2.58 bits per heavy atom. The van der Waals surface area contributed by atoms with E-state index in [1.807, 2.05) is 61.3 Å². The largest absolute Gasteiger partial charge is 0.480 e. The van der Waals surface area contributed by atoms with Gasteiger partial charge >= 0.3 is 5.97 Å². The van der Waals surface area contributed by atoms with Crippen molar-refractivity contribution in [2.24, 2.45) is 0 Å². The highest BCUT2D eigenvalue weighted by molar-refractivity contribution is 7.80. The molecule has 0 aromatic heterocycles. The van der Waals surface area contributed by atoms with Crippen molar-refractivity contribution in [3.05, 3.63) is 88.4 Å². The number of hydrogen-bond acceptors (Lipinski definition) is 4. The van der Waals surface area contributed by atoms with Gasteiger partial charge in [-0.25, -0.2) is 0 Å². The summed E-state index contributed by atoms with van der Waals surface area (Å²) in [4.78, 5) is 14.1. The summed E-state index contributed by atoms with van der Waals surface area (Å²) >= 11 is 10.7. The van der Waals surface area contributed by atoms with Crippen molar-refractivity contribution in [1.29, 1.82) is 0 Å². The second-order valence-electron chi connectivity index (χ2n) is 7.91. The van der Waals surface area contributed by atoms with Crippen LogP contribution in [0.25, 0.3) is 11.1 Å². The monoisotopic (exact) mass is 453 g/mol. The minimum absolute atomic E-state index is 0.0830. The summed E-state index contributed by atoms with van der Waals surface area (Å²) in [5, 5.41) is 9.99. The molecule has 6 heteroatoms. The van der Waals surface area contributed by atoms with Crippen molar-refractivity contribution in [2.75, 3.05) is 13.6 Å². The molecule has 1 N–H and O–H groups in total. The lowest BCUT2D eigenvalue weighted by Gasteiger charge is -2.40. The first-order valence-corrected chi connectivity index (χ1v) is 10.9. The fourth-order valence-electron chi connectivity index (χ4n) is 4.41. The normalized spacial score (nSPS) is 18.7. The highest BCUT2D eigenvalue weighted by atomic mass is 35.5. The lowest BCUT2D eigenvalue weighted by molar-refractivity contribution is -0.140. The number of ether oxygens (including phenoxy) is 1. The molecule has 3 aromatic rings. The van der Waals surface area contributed by atoms with Gasteiger partial charge < -0.3 is 9.84 Å².